The van der Waals surface area contributed by atoms with Crippen molar-refractivity contribution in [1.82, 2.24) is 10.2 Å². The number of hydrogen-bond donors (Lipinski definition) is 2. The van der Waals surface area contributed by atoms with Gasteiger partial charge in [-0.1, -0.05) is 13.3 Å². The summed E-state index contributed by atoms with van der Waals surface area (Å²) < 4.78 is 16.7. The Morgan fingerprint density at radius 1 is 0.914 bits per heavy atom. The molecule has 0 saturated carbocycles. The van der Waals surface area contributed by atoms with Crippen molar-refractivity contribution in [1.29, 1.82) is 0 Å². The highest BCUT2D eigenvalue weighted by Gasteiger charge is 2.40. The number of ether oxygens (including phenoxy) is 3. The van der Waals surface area contributed by atoms with E-state index < -0.39 is 0 Å². The first-order chi connectivity index (χ1) is 16.6. The molecule has 5 rings (SSSR count). The van der Waals surface area contributed by atoms with E-state index in [1.54, 1.807) is 21.3 Å². The number of halogens is 1. The summed E-state index contributed by atoms with van der Waals surface area (Å²) in [6, 6.07) is 9.06. The molecule has 1 fully saturated rings. The molecule has 192 valence electrons. The van der Waals surface area contributed by atoms with E-state index in [-0.39, 0.29) is 24.2 Å². The van der Waals surface area contributed by atoms with Gasteiger partial charge in [0.05, 0.1) is 21.3 Å². The lowest BCUT2D eigenvalue weighted by atomic mass is 9.72. The number of fused-ring (bicyclic) bond motifs is 4. The zero-order chi connectivity index (χ0) is 23.8. The highest BCUT2D eigenvalue weighted by Crippen LogP contribution is 2.47. The van der Waals surface area contributed by atoms with E-state index in [2.05, 4.69) is 29.3 Å². The van der Waals surface area contributed by atoms with Crippen LogP contribution in [0.15, 0.2) is 24.3 Å². The number of hydrogen-bond acceptors (Lipinski definition) is 6. The van der Waals surface area contributed by atoms with Crippen molar-refractivity contribution in [2.24, 2.45) is 11.8 Å². The maximum Gasteiger partial charge on any atom is 0.161 e. The average Bonchev–Trinajstić information content (AvgIpc) is 2.87. The topological polar surface area (TPSA) is 63.2 Å². The van der Waals surface area contributed by atoms with E-state index in [0.717, 1.165) is 56.8 Å². The maximum atomic E-state index is 10.3. The van der Waals surface area contributed by atoms with Gasteiger partial charge in [0.1, 0.15) is 0 Å². The van der Waals surface area contributed by atoms with E-state index in [0.29, 0.717) is 23.6 Å². The summed E-state index contributed by atoms with van der Waals surface area (Å²) in [6.45, 7) is 5.55. The van der Waals surface area contributed by atoms with Crippen LogP contribution in [-0.4, -0.2) is 51.0 Å². The fourth-order valence-corrected chi connectivity index (χ4v) is 6.59. The standard InChI is InChI=1S/C28H38N2O4.ClH/c1-5-17-16-30-9-7-19-13-27(33-3)28(34-4)15-22(19)24(30)11-20(17)10-23-21-14-26(32-2)25(31)12-18(21)6-8-29-23;/h12-15,17,20,23-24,29,31H,5-11,16H2,1-4H3;1H/t17-,20-,23+,24-;/m0./s1. The molecule has 6 nitrogen and oxygen atoms in total. The Kier molecular flexibility index (Phi) is 8.04. The van der Waals surface area contributed by atoms with Crippen molar-refractivity contribution in [2.75, 3.05) is 41.0 Å². The molecule has 0 bridgehead atoms. The summed E-state index contributed by atoms with van der Waals surface area (Å²) in [5.41, 5.74) is 5.34. The smallest absolute Gasteiger partial charge is 0.161 e. The van der Waals surface area contributed by atoms with Gasteiger partial charge in [-0.05, 0) is 90.6 Å². The Balaban J connectivity index is 0.00000289. The number of phenolic OH excluding ortho intramolecular Hbond substituents is 1. The van der Waals surface area contributed by atoms with E-state index >= 15 is 0 Å². The summed E-state index contributed by atoms with van der Waals surface area (Å²) in [4.78, 5) is 2.70. The summed E-state index contributed by atoms with van der Waals surface area (Å²) in [6.07, 6.45) is 5.46. The van der Waals surface area contributed by atoms with Gasteiger partial charge in [-0.15, -0.1) is 12.4 Å². The molecule has 3 aliphatic heterocycles. The molecule has 0 aromatic heterocycles. The van der Waals surface area contributed by atoms with Crippen LogP contribution >= 0.6 is 12.4 Å². The van der Waals surface area contributed by atoms with Crippen LogP contribution in [0.5, 0.6) is 23.0 Å². The molecule has 0 aliphatic carbocycles. The third kappa shape index (κ3) is 4.81. The van der Waals surface area contributed by atoms with Crippen LogP contribution < -0.4 is 19.5 Å². The van der Waals surface area contributed by atoms with Crippen molar-refractivity contribution in [2.45, 2.75) is 51.1 Å². The third-order valence-electron chi connectivity index (χ3n) is 8.44. The molecule has 3 aliphatic rings. The second-order valence-electron chi connectivity index (χ2n) is 10.0. The molecular formula is C28H39ClN2O4. The van der Waals surface area contributed by atoms with Gasteiger partial charge in [0.15, 0.2) is 23.0 Å². The molecule has 0 spiro atoms. The second kappa shape index (κ2) is 10.9. The second-order valence-corrected chi connectivity index (χ2v) is 10.0. The Morgan fingerprint density at radius 2 is 1.60 bits per heavy atom. The number of aromatic hydroxyl groups is 1. The lowest BCUT2D eigenvalue weighted by molar-refractivity contribution is 0.0434. The number of methoxy groups -OCH3 is 3. The molecule has 0 unspecified atom stereocenters. The van der Waals surface area contributed by atoms with Gasteiger partial charge in [0.25, 0.3) is 0 Å². The molecule has 4 atom stereocenters. The summed E-state index contributed by atoms with van der Waals surface area (Å²) in [7, 11) is 5.06. The van der Waals surface area contributed by atoms with Gasteiger partial charge in [0.2, 0.25) is 0 Å². The van der Waals surface area contributed by atoms with Gasteiger partial charge in [0, 0.05) is 25.2 Å². The zero-order valence-corrected chi connectivity index (χ0v) is 22.1. The summed E-state index contributed by atoms with van der Waals surface area (Å²) in [5, 5.41) is 14.1. The van der Waals surface area contributed by atoms with Crippen LogP contribution in [0.4, 0.5) is 0 Å². The highest BCUT2D eigenvalue weighted by atomic mass is 35.5. The molecular weight excluding hydrogens is 464 g/mol. The number of piperidine rings is 1. The fraction of sp³-hybridized carbons (Fsp3) is 0.571. The SMILES string of the molecule is CC[C@H]1CN2CCc3cc(OC)c(OC)cc3[C@@H]2C[C@@H]1C[C@H]1NCCc2cc(O)c(OC)cc21.Cl. The lowest BCUT2D eigenvalue weighted by Crippen LogP contribution is -2.46. The van der Waals surface area contributed by atoms with Gasteiger partial charge in [-0.3, -0.25) is 4.90 Å². The molecule has 7 heteroatoms. The first-order valence-corrected chi connectivity index (χ1v) is 12.7. The average molecular weight is 503 g/mol. The Morgan fingerprint density at radius 3 is 2.31 bits per heavy atom. The van der Waals surface area contributed by atoms with E-state index in [1.165, 1.54) is 28.7 Å². The number of nitrogens with one attached hydrogen (secondary N) is 1. The Labute approximate surface area is 215 Å². The molecule has 2 aromatic carbocycles. The molecule has 3 heterocycles. The molecule has 35 heavy (non-hydrogen) atoms. The van der Waals surface area contributed by atoms with E-state index in [9.17, 15) is 5.11 Å². The van der Waals surface area contributed by atoms with E-state index in [1.807, 2.05) is 12.1 Å². The fourth-order valence-electron chi connectivity index (χ4n) is 6.59. The van der Waals surface area contributed by atoms with Crippen LogP contribution in [0.1, 0.15) is 60.5 Å². The van der Waals surface area contributed by atoms with Crippen LogP contribution in [0.2, 0.25) is 0 Å². The summed E-state index contributed by atoms with van der Waals surface area (Å²) in [5.74, 6) is 3.76. The number of phenols is 1. The molecule has 0 radical (unpaired) electrons. The Bertz CT molecular complexity index is 1050. The minimum absolute atomic E-state index is 0. The maximum absolute atomic E-state index is 10.3. The first kappa shape index (κ1) is 25.9. The van der Waals surface area contributed by atoms with Crippen molar-refractivity contribution in [3.05, 3.63) is 46.5 Å². The van der Waals surface area contributed by atoms with Gasteiger partial charge in [-0.25, -0.2) is 0 Å². The van der Waals surface area contributed by atoms with Gasteiger partial charge >= 0.3 is 0 Å². The predicted octanol–water partition coefficient (Wildman–Crippen LogP) is 5.06. The number of nitrogens with zero attached hydrogens (tertiary/aromatic N) is 1. The van der Waals surface area contributed by atoms with Crippen LogP contribution in [0.25, 0.3) is 0 Å². The lowest BCUT2D eigenvalue weighted by Gasteiger charge is -2.48. The van der Waals surface area contributed by atoms with Gasteiger partial charge in [-0.2, -0.15) is 0 Å². The molecule has 0 amide bonds. The van der Waals surface area contributed by atoms with Crippen molar-refractivity contribution >= 4 is 12.4 Å². The highest BCUT2D eigenvalue weighted by molar-refractivity contribution is 5.85. The van der Waals surface area contributed by atoms with Crippen molar-refractivity contribution in [3.63, 3.8) is 0 Å². The van der Waals surface area contributed by atoms with Crippen molar-refractivity contribution in [3.8, 4) is 23.0 Å². The number of benzene rings is 2. The largest absolute Gasteiger partial charge is 0.504 e. The van der Waals surface area contributed by atoms with Gasteiger partial charge < -0.3 is 24.6 Å². The normalized spacial score (nSPS) is 25.5. The van der Waals surface area contributed by atoms with Crippen LogP contribution in [-0.2, 0) is 12.8 Å². The van der Waals surface area contributed by atoms with Crippen LogP contribution in [0, 0.1) is 11.8 Å². The zero-order valence-electron chi connectivity index (χ0n) is 21.3. The monoisotopic (exact) mass is 502 g/mol. The van der Waals surface area contributed by atoms with E-state index in [4.69, 9.17) is 14.2 Å². The molecule has 1 saturated heterocycles. The van der Waals surface area contributed by atoms with Crippen LogP contribution in [0.3, 0.4) is 0 Å². The van der Waals surface area contributed by atoms with Crippen molar-refractivity contribution < 1.29 is 19.3 Å². The number of rotatable bonds is 6. The Hall–Kier alpha value is -2.15. The molecule has 2 N–H and O–H groups in total. The summed E-state index contributed by atoms with van der Waals surface area (Å²) >= 11 is 0. The minimum atomic E-state index is 0. The minimum Gasteiger partial charge on any atom is -0.504 e. The first-order valence-electron chi connectivity index (χ1n) is 12.7. The quantitative estimate of drug-likeness (QED) is 0.575. The predicted molar refractivity (Wildman–Crippen MR) is 140 cm³/mol. The molecule has 2 aromatic rings. The third-order valence-corrected chi connectivity index (χ3v) is 8.44.